The molecular weight excluding hydrogens is 334 g/mol. The van der Waals surface area contributed by atoms with Gasteiger partial charge in [0.25, 0.3) is 5.91 Å². The number of amides is 1. The molecule has 2 aromatic heterocycles. The van der Waals surface area contributed by atoms with Crippen molar-refractivity contribution in [1.82, 2.24) is 24.8 Å². The Kier molecular flexibility index (Phi) is 5.57. The lowest BCUT2D eigenvalue weighted by molar-refractivity contribution is 0.0798. The second kappa shape index (κ2) is 8.05. The van der Waals surface area contributed by atoms with Crippen LogP contribution in [0.3, 0.4) is 0 Å². The molecule has 9 heteroatoms. The van der Waals surface area contributed by atoms with Gasteiger partial charge in [-0.2, -0.15) is 0 Å². The summed E-state index contributed by atoms with van der Waals surface area (Å²) < 4.78 is 5.41. The molecule has 1 amide bonds. The Balaban J connectivity index is 1.54. The minimum Gasteiger partial charge on any atom is -0.381 e. The van der Waals surface area contributed by atoms with Crippen molar-refractivity contribution >= 4 is 17.7 Å². The number of aryl methyl sites for hydroxylation is 1. The van der Waals surface area contributed by atoms with E-state index in [-0.39, 0.29) is 11.9 Å². The van der Waals surface area contributed by atoms with Gasteiger partial charge >= 0.3 is 0 Å². The maximum absolute atomic E-state index is 12.5. The smallest absolute Gasteiger partial charge is 0.257 e. The number of nitrogens with two attached hydrogens (primary N) is 1. The first-order valence-electron chi connectivity index (χ1n) is 8.52. The molecular formula is C17H23N7O2. The lowest BCUT2D eigenvalue weighted by atomic mass is 10.1. The molecule has 1 aliphatic rings. The monoisotopic (exact) mass is 357 g/mol. The molecule has 0 unspecified atom stereocenters. The molecule has 138 valence electrons. The molecule has 2 aromatic rings. The largest absolute Gasteiger partial charge is 0.381 e. The maximum atomic E-state index is 12.5. The van der Waals surface area contributed by atoms with Gasteiger partial charge in [-0.3, -0.25) is 4.79 Å². The van der Waals surface area contributed by atoms with Crippen LogP contribution in [0.15, 0.2) is 18.6 Å². The molecule has 0 aromatic carbocycles. The molecule has 1 aliphatic heterocycles. The van der Waals surface area contributed by atoms with Crippen molar-refractivity contribution in [1.29, 1.82) is 0 Å². The van der Waals surface area contributed by atoms with Crippen molar-refractivity contribution in [2.45, 2.75) is 19.3 Å². The molecule has 1 atom stereocenters. The van der Waals surface area contributed by atoms with Gasteiger partial charge in [-0.05, 0) is 13.3 Å². The third-order valence-corrected chi connectivity index (χ3v) is 4.36. The Morgan fingerprint density at radius 3 is 3.00 bits per heavy atom. The third-order valence-electron chi connectivity index (χ3n) is 4.36. The van der Waals surface area contributed by atoms with Gasteiger partial charge in [-0.25, -0.2) is 19.9 Å². The number of aromatic nitrogens is 4. The van der Waals surface area contributed by atoms with E-state index in [0.717, 1.165) is 24.5 Å². The van der Waals surface area contributed by atoms with Crippen LogP contribution in [-0.4, -0.2) is 64.1 Å². The Bertz CT molecular complexity index is 777. The zero-order chi connectivity index (χ0) is 18.5. The highest BCUT2D eigenvalue weighted by molar-refractivity contribution is 5.94. The lowest BCUT2D eigenvalue weighted by Gasteiger charge is -2.18. The van der Waals surface area contributed by atoms with Crippen molar-refractivity contribution in [2.75, 3.05) is 44.4 Å². The standard InChI is InChI=1S/C17H23N7O2/c1-11-13(8-20-17(18)23-11)16(25)24(2)5-4-19-15-7-14(21-10-22-15)12-3-6-26-9-12/h7-8,10,12H,3-6,9H2,1-2H3,(H2,18,20,23)(H,19,21,22)/t12-/m1/s1. The van der Waals surface area contributed by atoms with E-state index in [4.69, 9.17) is 10.5 Å². The molecule has 0 aliphatic carbocycles. The van der Waals surface area contributed by atoms with Crippen LogP contribution in [0.5, 0.6) is 0 Å². The molecule has 26 heavy (non-hydrogen) atoms. The van der Waals surface area contributed by atoms with Crippen molar-refractivity contribution < 1.29 is 9.53 Å². The van der Waals surface area contributed by atoms with Crippen LogP contribution < -0.4 is 11.1 Å². The minimum atomic E-state index is -0.143. The first-order valence-corrected chi connectivity index (χ1v) is 8.52. The average molecular weight is 357 g/mol. The van der Waals surface area contributed by atoms with Gasteiger partial charge in [0.15, 0.2) is 0 Å². The summed E-state index contributed by atoms with van der Waals surface area (Å²) in [5.41, 5.74) is 7.54. The van der Waals surface area contributed by atoms with Crippen LogP contribution in [0.25, 0.3) is 0 Å². The van der Waals surface area contributed by atoms with Crippen molar-refractivity contribution in [3.8, 4) is 0 Å². The number of nitrogens with zero attached hydrogens (tertiary/aromatic N) is 5. The molecule has 0 radical (unpaired) electrons. The van der Waals surface area contributed by atoms with Gasteiger partial charge < -0.3 is 20.7 Å². The Hall–Kier alpha value is -2.81. The van der Waals surface area contributed by atoms with E-state index >= 15 is 0 Å². The Morgan fingerprint density at radius 1 is 1.42 bits per heavy atom. The number of anilines is 2. The van der Waals surface area contributed by atoms with E-state index in [0.29, 0.717) is 36.9 Å². The van der Waals surface area contributed by atoms with Crippen LogP contribution in [0.2, 0.25) is 0 Å². The summed E-state index contributed by atoms with van der Waals surface area (Å²) in [6, 6.07) is 1.94. The number of ether oxygens (including phenoxy) is 1. The summed E-state index contributed by atoms with van der Waals surface area (Å²) in [4.78, 5) is 30.6. The van der Waals surface area contributed by atoms with Crippen LogP contribution in [0, 0.1) is 6.92 Å². The summed E-state index contributed by atoms with van der Waals surface area (Å²) in [5.74, 6) is 1.09. The quantitative estimate of drug-likeness (QED) is 0.781. The number of nitrogens with one attached hydrogen (secondary N) is 1. The maximum Gasteiger partial charge on any atom is 0.257 e. The highest BCUT2D eigenvalue weighted by atomic mass is 16.5. The first-order chi connectivity index (χ1) is 12.5. The number of rotatable bonds is 6. The molecule has 1 fully saturated rings. The first kappa shape index (κ1) is 18.0. The van der Waals surface area contributed by atoms with Gasteiger partial charge in [-0.15, -0.1) is 0 Å². The zero-order valence-electron chi connectivity index (χ0n) is 15.0. The summed E-state index contributed by atoms with van der Waals surface area (Å²) in [6.07, 6.45) is 4.00. The van der Waals surface area contributed by atoms with Crippen molar-refractivity contribution in [3.05, 3.63) is 35.5 Å². The Morgan fingerprint density at radius 2 is 2.27 bits per heavy atom. The summed E-state index contributed by atoms with van der Waals surface area (Å²) >= 11 is 0. The highest BCUT2D eigenvalue weighted by Gasteiger charge is 2.19. The molecule has 0 spiro atoms. The third kappa shape index (κ3) is 4.23. The fourth-order valence-electron chi connectivity index (χ4n) is 2.81. The average Bonchev–Trinajstić information content (AvgIpc) is 3.16. The SMILES string of the molecule is Cc1nc(N)ncc1C(=O)N(C)CCNc1cc([C@@H]2CCOC2)ncn1. The van der Waals surface area contributed by atoms with Crippen LogP contribution in [0.1, 0.15) is 34.1 Å². The number of nitrogen functional groups attached to an aromatic ring is 1. The lowest BCUT2D eigenvalue weighted by Crippen LogP contribution is -2.32. The second-order valence-electron chi connectivity index (χ2n) is 6.27. The van der Waals surface area contributed by atoms with Crippen molar-refractivity contribution in [2.24, 2.45) is 0 Å². The molecule has 9 nitrogen and oxygen atoms in total. The van der Waals surface area contributed by atoms with Gasteiger partial charge in [0, 0.05) is 44.9 Å². The molecule has 3 rings (SSSR count). The molecule has 0 saturated carbocycles. The van der Waals surface area contributed by atoms with E-state index in [1.165, 1.54) is 6.20 Å². The van der Waals surface area contributed by atoms with Crippen LogP contribution in [0.4, 0.5) is 11.8 Å². The predicted molar refractivity (Wildman–Crippen MR) is 96.8 cm³/mol. The number of hydrogen-bond donors (Lipinski definition) is 2. The van der Waals surface area contributed by atoms with E-state index < -0.39 is 0 Å². The molecule has 3 heterocycles. The number of carbonyl (C=O) groups excluding carboxylic acids is 1. The van der Waals surface area contributed by atoms with Crippen molar-refractivity contribution in [3.63, 3.8) is 0 Å². The summed E-state index contributed by atoms with van der Waals surface area (Å²) in [5, 5.41) is 3.23. The Labute approximate surface area is 152 Å². The zero-order valence-corrected chi connectivity index (χ0v) is 15.0. The number of likely N-dealkylation sites (N-methyl/N-ethyl adjacent to an activating group) is 1. The van der Waals surface area contributed by atoms with Gasteiger partial charge in [0.05, 0.1) is 23.6 Å². The van der Waals surface area contributed by atoms with E-state index in [9.17, 15) is 4.79 Å². The predicted octanol–water partition coefficient (Wildman–Crippen LogP) is 0.845. The van der Waals surface area contributed by atoms with Gasteiger partial charge in [-0.1, -0.05) is 0 Å². The fraction of sp³-hybridized carbons (Fsp3) is 0.471. The molecule has 1 saturated heterocycles. The van der Waals surface area contributed by atoms with E-state index in [1.54, 1.807) is 25.2 Å². The van der Waals surface area contributed by atoms with Gasteiger partial charge in [0.2, 0.25) is 5.95 Å². The molecule has 3 N–H and O–H groups in total. The molecule has 0 bridgehead atoms. The number of carbonyl (C=O) groups is 1. The highest BCUT2D eigenvalue weighted by Crippen LogP contribution is 2.24. The van der Waals surface area contributed by atoms with Crippen LogP contribution in [-0.2, 0) is 4.74 Å². The topological polar surface area (TPSA) is 119 Å². The van der Waals surface area contributed by atoms with E-state index in [1.807, 2.05) is 6.07 Å². The van der Waals surface area contributed by atoms with Crippen LogP contribution >= 0.6 is 0 Å². The van der Waals surface area contributed by atoms with E-state index in [2.05, 4.69) is 25.3 Å². The summed E-state index contributed by atoms with van der Waals surface area (Å²) in [6.45, 7) is 4.30. The van der Waals surface area contributed by atoms with Gasteiger partial charge in [0.1, 0.15) is 12.1 Å². The summed E-state index contributed by atoms with van der Waals surface area (Å²) in [7, 11) is 1.74. The minimum absolute atomic E-state index is 0.143. The fourth-order valence-corrected chi connectivity index (χ4v) is 2.81. The normalized spacial score (nSPS) is 16.5. The second-order valence-corrected chi connectivity index (χ2v) is 6.27. The number of hydrogen-bond acceptors (Lipinski definition) is 8.